The fourth-order valence-corrected chi connectivity index (χ4v) is 6.15. The average molecular weight is 616 g/mol. The van der Waals surface area contributed by atoms with Crippen molar-refractivity contribution in [1.82, 2.24) is 24.9 Å². The van der Waals surface area contributed by atoms with Gasteiger partial charge in [-0.05, 0) is 50.0 Å². The van der Waals surface area contributed by atoms with Crippen molar-refractivity contribution in [3.8, 4) is 0 Å². The second-order valence-corrected chi connectivity index (χ2v) is 11.6. The van der Waals surface area contributed by atoms with Crippen molar-refractivity contribution in [2.45, 2.75) is 6.54 Å². The second-order valence-electron chi connectivity index (χ2n) is 11.6. The number of hydrogen-bond donors (Lipinski definition) is 2. The summed E-state index contributed by atoms with van der Waals surface area (Å²) in [7, 11) is 0. The maximum atomic E-state index is 13.2. The first-order valence-electron chi connectivity index (χ1n) is 15.1. The van der Waals surface area contributed by atoms with Crippen LogP contribution in [0, 0.1) is 0 Å². The van der Waals surface area contributed by atoms with Gasteiger partial charge in [-0.2, -0.15) is 0 Å². The van der Waals surface area contributed by atoms with Gasteiger partial charge in [0.1, 0.15) is 0 Å². The number of hydrogen-bond acceptors (Lipinski definition) is 10. The number of carbonyl (C=O) groups is 4. The van der Waals surface area contributed by atoms with Crippen LogP contribution in [0.15, 0.2) is 54.6 Å². The van der Waals surface area contributed by atoms with Gasteiger partial charge < -0.3 is 30.2 Å². The number of carboxylic acids is 3. The zero-order chi connectivity index (χ0) is 31.9. The van der Waals surface area contributed by atoms with Crippen LogP contribution in [-0.4, -0.2) is 127 Å². The molecule has 12 nitrogen and oxygen atoms in total. The summed E-state index contributed by atoms with van der Waals surface area (Å²) in [6, 6.07) is 18.9. The average Bonchev–Trinajstić information content (AvgIpc) is 2.99. The van der Waals surface area contributed by atoms with E-state index in [1.165, 1.54) is 21.5 Å². The summed E-state index contributed by atoms with van der Waals surface area (Å²) in [5, 5.41) is 42.1. The van der Waals surface area contributed by atoms with E-state index >= 15 is 0 Å². The maximum absolute atomic E-state index is 13.2. The van der Waals surface area contributed by atoms with Crippen LogP contribution in [0.1, 0.15) is 5.56 Å². The summed E-state index contributed by atoms with van der Waals surface area (Å²) in [6.07, 6.45) is 0. The minimum Gasteiger partial charge on any atom is -0.549 e. The fourth-order valence-electron chi connectivity index (χ4n) is 6.15. The van der Waals surface area contributed by atoms with E-state index in [0.717, 1.165) is 16.3 Å². The minimum atomic E-state index is -1.25. The summed E-state index contributed by atoms with van der Waals surface area (Å²) in [6.45, 7) is 1.87. The maximum Gasteiger partial charge on any atom is 0.317 e. The topological polar surface area (TPSA) is 160 Å². The Hall–Kier alpha value is -4.36. The molecule has 1 fully saturated rings. The molecule has 0 radical (unpaired) electrons. The van der Waals surface area contributed by atoms with Crippen molar-refractivity contribution in [2.75, 3.05) is 78.5 Å². The molecule has 0 spiro atoms. The molecule has 1 amide bonds. The number of rotatable bonds is 10. The van der Waals surface area contributed by atoms with Gasteiger partial charge in [0.15, 0.2) is 0 Å². The first-order valence-corrected chi connectivity index (χ1v) is 15.1. The van der Waals surface area contributed by atoms with Crippen LogP contribution < -0.4 is 15.5 Å². The molecular formula is C33H37N5O7-2. The lowest BCUT2D eigenvalue weighted by molar-refractivity contribution is -0.307. The molecule has 1 aliphatic rings. The lowest BCUT2D eigenvalue weighted by atomic mass is 9.93. The molecule has 238 valence electrons. The van der Waals surface area contributed by atoms with Crippen LogP contribution in [0.3, 0.4) is 0 Å². The number of benzene rings is 4. The van der Waals surface area contributed by atoms with E-state index < -0.39 is 17.9 Å². The van der Waals surface area contributed by atoms with Crippen molar-refractivity contribution in [3.63, 3.8) is 0 Å². The van der Waals surface area contributed by atoms with Gasteiger partial charge in [-0.3, -0.25) is 29.2 Å². The Morgan fingerprint density at radius 3 is 1.44 bits per heavy atom. The number of aliphatic carboxylic acids is 3. The first kappa shape index (κ1) is 32.0. The molecule has 4 aromatic carbocycles. The molecule has 1 saturated heterocycles. The first-order chi connectivity index (χ1) is 21.6. The number of amides is 1. The van der Waals surface area contributed by atoms with Crippen molar-refractivity contribution in [1.29, 1.82) is 0 Å². The molecule has 1 heterocycles. The van der Waals surface area contributed by atoms with Gasteiger partial charge >= 0.3 is 5.97 Å². The lowest BCUT2D eigenvalue weighted by Crippen LogP contribution is -2.51. The van der Waals surface area contributed by atoms with Crippen molar-refractivity contribution in [2.24, 2.45) is 0 Å². The Bertz CT molecular complexity index is 1580. The van der Waals surface area contributed by atoms with Gasteiger partial charge in [0, 0.05) is 72.0 Å². The van der Waals surface area contributed by atoms with Gasteiger partial charge in [-0.1, -0.05) is 42.5 Å². The van der Waals surface area contributed by atoms with Crippen LogP contribution >= 0.6 is 0 Å². The van der Waals surface area contributed by atoms with Crippen LogP contribution in [0.4, 0.5) is 0 Å². The minimum absolute atomic E-state index is 0.0395. The molecule has 0 aliphatic carbocycles. The predicted octanol–water partition coefficient (Wildman–Crippen LogP) is -0.994. The molecule has 12 heteroatoms. The zero-order valence-electron chi connectivity index (χ0n) is 25.1. The number of nitrogens with zero attached hydrogens (tertiary/aromatic N) is 4. The third kappa shape index (κ3) is 8.64. The van der Waals surface area contributed by atoms with Crippen molar-refractivity contribution < 1.29 is 34.5 Å². The highest BCUT2D eigenvalue weighted by Gasteiger charge is 2.20. The van der Waals surface area contributed by atoms with E-state index in [-0.39, 0.29) is 58.3 Å². The zero-order valence-corrected chi connectivity index (χ0v) is 25.1. The predicted molar refractivity (Wildman–Crippen MR) is 165 cm³/mol. The van der Waals surface area contributed by atoms with Crippen LogP contribution in [-0.2, 0) is 25.7 Å². The molecule has 2 N–H and O–H groups in total. The Balaban J connectivity index is 1.26. The Kier molecular flexibility index (Phi) is 10.4. The second kappa shape index (κ2) is 14.6. The van der Waals surface area contributed by atoms with Gasteiger partial charge in [0.25, 0.3) is 0 Å². The summed E-state index contributed by atoms with van der Waals surface area (Å²) >= 11 is 0. The van der Waals surface area contributed by atoms with E-state index in [0.29, 0.717) is 32.7 Å². The molecule has 0 saturated carbocycles. The standard InChI is InChI=1S/C33H39N5O7/c39-28(34-18-23-16-26-6-4-24-2-1-3-25-5-7-27(17-23)33(26)32(24)25)19-35-8-10-36(20-29(40)41)12-14-38(22-31(44)45)15-13-37(11-9-35)21-30(42)43/h1-7,16-17H,8-15,18-22H2,(H,34,39)(H,40,41)(H,42,43)(H,44,45)/p-2. The molecule has 5 rings (SSSR count). The van der Waals surface area contributed by atoms with Crippen molar-refractivity contribution >= 4 is 56.1 Å². The molecule has 0 aromatic heterocycles. The van der Waals surface area contributed by atoms with E-state index in [9.17, 15) is 34.5 Å². The Labute approximate surface area is 260 Å². The molecule has 0 bridgehead atoms. The van der Waals surface area contributed by atoms with Gasteiger partial charge in [0.2, 0.25) is 5.91 Å². The Morgan fingerprint density at radius 1 is 0.600 bits per heavy atom. The molecule has 4 aromatic rings. The van der Waals surface area contributed by atoms with Crippen LogP contribution in [0.25, 0.3) is 32.3 Å². The summed E-state index contributed by atoms with van der Waals surface area (Å²) in [5.41, 5.74) is 0.967. The van der Waals surface area contributed by atoms with Crippen LogP contribution in [0.2, 0.25) is 0 Å². The monoisotopic (exact) mass is 615 g/mol. The van der Waals surface area contributed by atoms with E-state index in [1.54, 1.807) is 14.7 Å². The normalized spacial score (nSPS) is 16.9. The molecular weight excluding hydrogens is 578 g/mol. The van der Waals surface area contributed by atoms with Gasteiger partial charge in [0.05, 0.1) is 25.0 Å². The van der Waals surface area contributed by atoms with Gasteiger partial charge in [-0.15, -0.1) is 0 Å². The smallest absolute Gasteiger partial charge is 0.317 e. The quantitative estimate of drug-likeness (QED) is 0.211. The number of nitrogens with one attached hydrogen (secondary N) is 1. The SMILES string of the molecule is O=C([O-])CN1CCN(CC(=O)O)CCN(CC(=O)[O-])CCN(CC(=O)NCc2cc3ccc4cccc5ccc(c2)c3c45)CC1. The molecule has 0 unspecified atom stereocenters. The number of carbonyl (C=O) groups excluding carboxylic acids is 3. The number of carboxylic acid groups (broad SMARTS) is 3. The summed E-state index contributed by atoms with van der Waals surface area (Å²) in [5.74, 6) is -3.73. The third-order valence-electron chi connectivity index (χ3n) is 8.37. The molecule has 1 aliphatic heterocycles. The largest absolute Gasteiger partial charge is 0.549 e. The highest BCUT2D eigenvalue weighted by molar-refractivity contribution is 6.23. The van der Waals surface area contributed by atoms with E-state index in [4.69, 9.17) is 0 Å². The summed E-state index contributed by atoms with van der Waals surface area (Å²) < 4.78 is 0. The third-order valence-corrected chi connectivity index (χ3v) is 8.37. The molecule has 0 atom stereocenters. The highest BCUT2D eigenvalue weighted by atomic mass is 16.4. The van der Waals surface area contributed by atoms with Crippen LogP contribution in [0.5, 0.6) is 0 Å². The van der Waals surface area contributed by atoms with Crippen molar-refractivity contribution in [3.05, 3.63) is 60.2 Å². The fraction of sp³-hybridized carbons (Fsp3) is 0.394. The van der Waals surface area contributed by atoms with Gasteiger partial charge in [-0.25, -0.2) is 0 Å². The molecule has 45 heavy (non-hydrogen) atoms. The highest BCUT2D eigenvalue weighted by Crippen LogP contribution is 2.35. The summed E-state index contributed by atoms with van der Waals surface area (Å²) in [4.78, 5) is 54.2. The van der Waals surface area contributed by atoms with E-state index in [1.807, 2.05) is 4.90 Å². The lowest BCUT2D eigenvalue weighted by Gasteiger charge is -2.34. The van der Waals surface area contributed by atoms with E-state index in [2.05, 4.69) is 59.9 Å². The Morgan fingerprint density at radius 2 is 1.00 bits per heavy atom.